The van der Waals surface area contributed by atoms with Crippen molar-refractivity contribution in [3.63, 3.8) is 0 Å². The van der Waals surface area contributed by atoms with Crippen LogP contribution in [0.15, 0.2) is 0 Å². The molecule has 0 rings (SSSR count). The van der Waals surface area contributed by atoms with Crippen LogP contribution in [0.5, 0.6) is 0 Å². The molecule has 0 heterocycles. The first-order valence-corrected chi connectivity index (χ1v) is 42.6. The molecule has 0 aliphatic carbocycles. The average molecular weight is 1400 g/mol. The molecule has 0 bridgehead atoms. The number of ether oxygens (including phenoxy) is 4. The Bertz CT molecular complexity index is 1820. The van der Waals surface area contributed by atoms with Gasteiger partial charge in [0.1, 0.15) is 19.3 Å². The van der Waals surface area contributed by atoms with Gasteiger partial charge in [-0.3, -0.25) is 37.3 Å². The van der Waals surface area contributed by atoms with E-state index in [0.717, 1.165) is 95.8 Å². The fraction of sp³-hybridized carbons (Fsp3) is 0.947. The summed E-state index contributed by atoms with van der Waals surface area (Å²) in [6.45, 7) is 7.31. The Morgan fingerprint density at radius 3 is 0.716 bits per heavy atom. The minimum atomic E-state index is -4.96. The number of phosphoric ester groups is 2. The third-order valence-electron chi connectivity index (χ3n) is 17.8. The first-order chi connectivity index (χ1) is 46.0. The van der Waals surface area contributed by atoms with Gasteiger partial charge >= 0.3 is 39.5 Å². The van der Waals surface area contributed by atoms with Crippen molar-refractivity contribution in [2.75, 3.05) is 39.6 Å². The van der Waals surface area contributed by atoms with Crippen molar-refractivity contribution < 1.29 is 80.2 Å². The van der Waals surface area contributed by atoms with E-state index in [1.54, 1.807) is 0 Å². The lowest BCUT2D eigenvalue weighted by molar-refractivity contribution is -0.161. The molecule has 0 saturated carbocycles. The first-order valence-electron chi connectivity index (χ1n) is 39.6. The molecule has 0 aromatic heterocycles. The summed E-state index contributed by atoms with van der Waals surface area (Å²) in [6, 6.07) is 0. The quantitative estimate of drug-likeness (QED) is 0.0222. The SMILES string of the molecule is CCCCCCCCCCCCCCCCCCC(=O)O[C@H](COC(=O)CCCCCCCCCCCCCCC(C)C)COP(=O)(O)OC[C@@H](O)COP(=O)(O)OC[C@@H](COC(=O)CCCCCCCCCCCC)OC(=O)CCCCCCCCCCCCCCCC. The van der Waals surface area contributed by atoms with E-state index >= 15 is 0 Å². The molecule has 0 spiro atoms. The predicted octanol–water partition coefficient (Wildman–Crippen LogP) is 22.5. The zero-order valence-electron chi connectivity index (χ0n) is 61.8. The number of carbonyl (C=O) groups excluding carboxylic acids is 4. The lowest BCUT2D eigenvalue weighted by Crippen LogP contribution is -2.30. The number of esters is 4. The number of phosphoric acid groups is 2. The van der Waals surface area contributed by atoms with Crippen LogP contribution in [-0.2, 0) is 65.4 Å². The molecule has 0 radical (unpaired) electrons. The fourth-order valence-corrected chi connectivity index (χ4v) is 13.3. The largest absolute Gasteiger partial charge is 0.472 e. The Morgan fingerprint density at radius 2 is 0.484 bits per heavy atom. The van der Waals surface area contributed by atoms with Gasteiger partial charge in [-0.2, -0.15) is 0 Å². The van der Waals surface area contributed by atoms with Gasteiger partial charge in [-0.25, -0.2) is 9.13 Å². The highest BCUT2D eigenvalue weighted by Crippen LogP contribution is 2.45. The van der Waals surface area contributed by atoms with E-state index in [1.807, 2.05) is 0 Å². The zero-order valence-corrected chi connectivity index (χ0v) is 63.6. The summed E-state index contributed by atoms with van der Waals surface area (Å²) < 4.78 is 68.5. The van der Waals surface area contributed by atoms with Crippen molar-refractivity contribution in [1.82, 2.24) is 0 Å². The van der Waals surface area contributed by atoms with Crippen LogP contribution in [0.2, 0.25) is 0 Å². The van der Waals surface area contributed by atoms with Crippen molar-refractivity contribution in [3.05, 3.63) is 0 Å². The number of hydrogen-bond donors (Lipinski definition) is 3. The zero-order chi connectivity index (χ0) is 69.8. The van der Waals surface area contributed by atoms with Gasteiger partial charge in [0.05, 0.1) is 26.4 Å². The molecular formula is C76H148O17P2. The Kier molecular flexibility index (Phi) is 67.7. The number of hydrogen-bond acceptors (Lipinski definition) is 15. The molecular weight excluding hydrogens is 1250 g/mol. The van der Waals surface area contributed by atoms with E-state index in [2.05, 4.69) is 34.6 Å². The minimum Gasteiger partial charge on any atom is -0.462 e. The topological polar surface area (TPSA) is 237 Å². The van der Waals surface area contributed by atoms with Crippen LogP contribution in [0.4, 0.5) is 0 Å². The van der Waals surface area contributed by atoms with Gasteiger partial charge in [0.15, 0.2) is 12.2 Å². The van der Waals surface area contributed by atoms with Gasteiger partial charge in [-0.15, -0.1) is 0 Å². The predicted molar refractivity (Wildman–Crippen MR) is 386 cm³/mol. The second-order valence-electron chi connectivity index (χ2n) is 27.9. The van der Waals surface area contributed by atoms with Gasteiger partial charge in [-0.1, -0.05) is 349 Å². The maximum absolute atomic E-state index is 13.1. The van der Waals surface area contributed by atoms with E-state index in [9.17, 15) is 43.2 Å². The molecule has 5 atom stereocenters. The first kappa shape index (κ1) is 93.1. The van der Waals surface area contributed by atoms with Crippen molar-refractivity contribution in [2.45, 2.75) is 419 Å². The van der Waals surface area contributed by atoms with E-state index < -0.39 is 97.5 Å². The summed E-state index contributed by atoms with van der Waals surface area (Å²) in [7, 11) is -9.91. The number of aliphatic hydroxyl groups excluding tert-OH is 1. The Hall–Kier alpha value is -1.94. The monoisotopic (exact) mass is 1400 g/mol. The van der Waals surface area contributed by atoms with Gasteiger partial charge in [0, 0.05) is 25.7 Å². The minimum absolute atomic E-state index is 0.108. The van der Waals surface area contributed by atoms with E-state index in [0.29, 0.717) is 25.7 Å². The standard InChI is InChI=1S/C76H148O17P2/c1-6-9-12-15-18-21-24-26-28-29-31-37-42-47-52-57-62-76(81)93-72(66-87-74(79)60-55-50-45-40-35-33-32-34-38-43-48-53-58-69(4)5)68-91-95(84,85)89-64-70(77)63-88-94(82,83)90-67-71(65-86-73(78)59-54-49-44-39-23-20-17-14-11-8-3)92-75(80)61-56-51-46-41-36-30-27-25-22-19-16-13-10-7-2/h69-72,77H,6-68H2,1-5H3,(H,82,83)(H,84,85)/t70-,71+,72+/m0/s1. The molecule has 3 N–H and O–H groups in total. The van der Waals surface area contributed by atoms with Crippen LogP contribution in [-0.4, -0.2) is 96.7 Å². The molecule has 95 heavy (non-hydrogen) atoms. The number of aliphatic hydroxyl groups is 1. The van der Waals surface area contributed by atoms with Crippen molar-refractivity contribution in [1.29, 1.82) is 0 Å². The van der Waals surface area contributed by atoms with Crippen LogP contribution in [0, 0.1) is 5.92 Å². The molecule has 0 fully saturated rings. The van der Waals surface area contributed by atoms with Crippen LogP contribution in [0.25, 0.3) is 0 Å². The lowest BCUT2D eigenvalue weighted by atomic mass is 10.0. The van der Waals surface area contributed by atoms with E-state index in [-0.39, 0.29) is 25.7 Å². The Labute approximate surface area is 581 Å². The number of rotatable bonds is 76. The maximum Gasteiger partial charge on any atom is 0.472 e. The summed E-state index contributed by atoms with van der Waals surface area (Å²) in [5.41, 5.74) is 0. The van der Waals surface area contributed by atoms with Crippen molar-refractivity contribution in [2.24, 2.45) is 5.92 Å². The molecule has 0 saturated heterocycles. The van der Waals surface area contributed by atoms with Crippen LogP contribution in [0.3, 0.4) is 0 Å². The molecule has 0 aromatic rings. The highest BCUT2D eigenvalue weighted by Gasteiger charge is 2.30. The molecule has 0 aliphatic heterocycles. The van der Waals surface area contributed by atoms with E-state index in [1.165, 1.54) is 225 Å². The lowest BCUT2D eigenvalue weighted by Gasteiger charge is -2.21. The molecule has 2 unspecified atom stereocenters. The molecule has 17 nitrogen and oxygen atoms in total. The highest BCUT2D eigenvalue weighted by atomic mass is 31.2. The second kappa shape index (κ2) is 69.2. The summed E-state index contributed by atoms with van der Waals surface area (Å²) >= 11 is 0. The third-order valence-corrected chi connectivity index (χ3v) is 19.7. The van der Waals surface area contributed by atoms with E-state index in [4.69, 9.17) is 37.0 Å². The van der Waals surface area contributed by atoms with Crippen molar-refractivity contribution >= 4 is 39.5 Å². The van der Waals surface area contributed by atoms with Gasteiger partial charge in [-0.05, 0) is 31.6 Å². The van der Waals surface area contributed by atoms with Crippen molar-refractivity contribution in [3.8, 4) is 0 Å². The smallest absolute Gasteiger partial charge is 0.462 e. The van der Waals surface area contributed by atoms with Crippen LogP contribution < -0.4 is 0 Å². The summed E-state index contributed by atoms with van der Waals surface area (Å²) in [6.07, 6.45) is 58.1. The summed E-state index contributed by atoms with van der Waals surface area (Å²) in [5.74, 6) is -1.33. The molecule has 0 aliphatic rings. The Morgan fingerprint density at radius 1 is 0.284 bits per heavy atom. The normalized spacial score (nSPS) is 13.9. The average Bonchev–Trinajstić information content (AvgIpc) is 1.25. The number of carbonyl (C=O) groups is 4. The highest BCUT2D eigenvalue weighted by molar-refractivity contribution is 7.47. The van der Waals surface area contributed by atoms with Gasteiger partial charge < -0.3 is 33.8 Å². The maximum atomic E-state index is 13.1. The summed E-state index contributed by atoms with van der Waals surface area (Å²) in [4.78, 5) is 72.8. The van der Waals surface area contributed by atoms with Gasteiger partial charge in [0.25, 0.3) is 0 Å². The summed E-state index contributed by atoms with van der Waals surface area (Å²) in [5, 5.41) is 10.6. The van der Waals surface area contributed by atoms with Gasteiger partial charge in [0.2, 0.25) is 0 Å². The molecule has 0 amide bonds. The molecule has 0 aromatic carbocycles. The van der Waals surface area contributed by atoms with Crippen LogP contribution >= 0.6 is 15.6 Å². The third kappa shape index (κ3) is 70.3. The Balaban J connectivity index is 5.25. The fourth-order valence-electron chi connectivity index (χ4n) is 11.7. The molecule has 19 heteroatoms. The number of unbranched alkanes of at least 4 members (excludes halogenated alkanes) is 48. The van der Waals surface area contributed by atoms with Crippen LogP contribution in [0.1, 0.15) is 401 Å². The molecule has 564 valence electrons. The second-order valence-corrected chi connectivity index (χ2v) is 30.8.